The SMILES string of the molecule is [B]c1c([B])c([B])c2c(c1[B])-c1c(c([B])c3c(c1[B])c1c([B])c([B])c([B])c([B])c1n3-c1ccc3sc4c(-n5c6c([B])c([B])c([B])c([B])c6c6c([B])c7c(c([B])c65)C(C)(C)c5c([B])c([B])c([B])c([B])c5-7)ncnc4c3c1)C2(C)C. The minimum Gasteiger partial charge on any atom is -0.310 e. The lowest BCUT2D eigenvalue weighted by Gasteiger charge is -2.28. The summed E-state index contributed by atoms with van der Waals surface area (Å²) in [5, 5.41) is 2.34. The Hall–Kier alpha value is -5.26. The Balaban J connectivity index is 1.14. The standard InChI is InChI=1S/C52H16B20N4S/c1-51(2)20-14(26(55)34(63)38(67)30(20)59)12-22(51)32(61)45-16(24(12)53)18-28(57)36(65)40(69)42(71)47(18)75(45)9-5-6-11-10(7-9)44-49(77-11)50(74-8-73-44)76-46-17(19-29(58)37(66)41(70)43(72)48(19)76)25(54)13-15-21(52(3,4)23(13)33(46)62)31(60)39(68)35(64)27(15)56/h5-8H,1-4H3. The third kappa shape index (κ3) is 5.91. The van der Waals surface area contributed by atoms with Crippen molar-refractivity contribution in [3.8, 4) is 33.8 Å². The maximum atomic E-state index is 7.52. The van der Waals surface area contributed by atoms with Crippen LogP contribution in [0, 0.1) is 0 Å². The second-order valence-electron chi connectivity index (χ2n) is 21.2. The first kappa shape index (κ1) is 51.2. The summed E-state index contributed by atoms with van der Waals surface area (Å²) in [7, 11) is 137. The highest BCUT2D eigenvalue weighted by molar-refractivity contribution is 7.26. The van der Waals surface area contributed by atoms with Gasteiger partial charge in [-0.25, -0.2) is 9.97 Å². The summed E-state index contributed by atoms with van der Waals surface area (Å²) in [5.74, 6) is 0.367. The fourth-order valence-electron chi connectivity index (χ4n) is 13.2. The molecule has 4 aromatic heterocycles. The number of hydrogen-bond donors (Lipinski definition) is 0. The van der Waals surface area contributed by atoms with Gasteiger partial charge in [0.2, 0.25) is 0 Å². The van der Waals surface area contributed by atoms with E-state index in [2.05, 4.69) is 0 Å². The number of benzene rings is 7. The van der Waals surface area contributed by atoms with Crippen molar-refractivity contribution in [3.05, 3.63) is 46.8 Å². The summed E-state index contributed by atoms with van der Waals surface area (Å²) in [6.07, 6.45) is 1.44. The molecule has 0 fully saturated rings. The first-order valence-electron chi connectivity index (χ1n) is 24.0. The van der Waals surface area contributed by atoms with Crippen LogP contribution in [0.2, 0.25) is 0 Å². The van der Waals surface area contributed by atoms with E-state index in [0.717, 1.165) is 4.70 Å². The molecular formula is C52H16B20N4S. The van der Waals surface area contributed by atoms with Gasteiger partial charge in [0.05, 0.1) is 10.2 Å². The fraction of sp³-hybridized carbons (Fsp3) is 0.115. The van der Waals surface area contributed by atoms with Crippen LogP contribution in [-0.2, 0) is 10.8 Å². The van der Waals surface area contributed by atoms with Crippen molar-refractivity contribution in [1.29, 1.82) is 0 Å². The minimum absolute atomic E-state index is 0.0486. The van der Waals surface area contributed by atoms with E-state index in [1.807, 2.05) is 50.5 Å². The van der Waals surface area contributed by atoms with E-state index in [1.54, 1.807) is 4.57 Å². The molecule has 310 valence electrons. The van der Waals surface area contributed by atoms with Gasteiger partial charge in [-0.1, -0.05) is 93.2 Å². The lowest BCUT2D eigenvalue weighted by Crippen LogP contribution is -2.51. The van der Waals surface area contributed by atoms with Gasteiger partial charge in [0.25, 0.3) is 0 Å². The van der Waals surface area contributed by atoms with Crippen molar-refractivity contribution in [2.75, 3.05) is 0 Å². The highest BCUT2D eigenvalue weighted by Gasteiger charge is 2.44. The van der Waals surface area contributed by atoms with Crippen LogP contribution in [0.25, 0.3) is 97.7 Å². The Kier molecular flexibility index (Phi) is 10.8. The monoisotopic (exact) mass is 948 g/mol. The van der Waals surface area contributed by atoms with Crippen LogP contribution in [0.1, 0.15) is 49.9 Å². The Morgan fingerprint density at radius 1 is 0.364 bits per heavy atom. The largest absolute Gasteiger partial charge is 0.310 e. The summed E-state index contributed by atoms with van der Waals surface area (Å²) in [6.45, 7) is 7.84. The first-order chi connectivity index (χ1) is 36.1. The van der Waals surface area contributed by atoms with Crippen LogP contribution in [0.4, 0.5) is 0 Å². The molecule has 4 nitrogen and oxygen atoms in total. The molecule has 0 atom stereocenters. The van der Waals surface area contributed by atoms with Gasteiger partial charge in [-0.05, 0) is 73.5 Å². The third-order valence-corrected chi connectivity index (χ3v) is 17.9. The molecule has 0 bridgehead atoms. The molecule has 7 aromatic carbocycles. The normalized spacial score (nSPS) is 14.2. The van der Waals surface area contributed by atoms with E-state index in [4.69, 9.17) is 167 Å². The molecule has 0 aliphatic heterocycles. The summed E-state index contributed by atoms with van der Waals surface area (Å²) in [4.78, 5) is 9.87. The molecule has 77 heavy (non-hydrogen) atoms. The predicted molar refractivity (Wildman–Crippen MR) is 346 cm³/mol. The Labute approximate surface area is 476 Å². The number of hydrogen-bond acceptors (Lipinski definition) is 3. The van der Waals surface area contributed by atoms with E-state index in [-0.39, 0.29) is 98.3 Å². The lowest BCUT2D eigenvalue weighted by molar-refractivity contribution is 0.669. The highest BCUT2D eigenvalue weighted by atomic mass is 32.1. The second kappa shape index (κ2) is 16.2. The van der Waals surface area contributed by atoms with Crippen LogP contribution in [0.15, 0.2) is 24.5 Å². The third-order valence-electron chi connectivity index (χ3n) is 16.8. The molecule has 13 rings (SSSR count). The molecule has 0 amide bonds. The van der Waals surface area contributed by atoms with Crippen molar-refractivity contribution in [2.24, 2.45) is 0 Å². The van der Waals surface area contributed by atoms with Gasteiger partial charge in [0, 0.05) is 59.4 Å². The molecule has 0 spiro atoms. The predicted octanol–water partition coefficient (Wildman–Crippen LogP) is -10.5. The smallest absolute Gasteiger partial charge is 0.159 e. The van der Waals surface area contributed by atoms with E-state index >= 15 is 0 Å². The van der Waals surface area contributed by atoms with Crippen molar-refractivity contribution in [2.45, 2.75) is 38.5 Å². The Morgan fingerprint density at radius 3 is 1.18 bits per heavy atom. The Morgan fingerprint density at radius 2 is 0.714 bits per heavy atom. The van der Waals surface area contributed by atoms with Crippen LogP contribution in [-0.4, -0.2) is 176 Å². The summed E-state index contributed by atoms with van der Waals surface area (Å²) >= 11 is 1.41. The van der Waals surface area contributed by atoms with Crippen LogP contribution in [0.3, 0.4) is 0 Å². The number of fused-ring (bicyclic) bond motifs is 15. The van der Waals surface area contributed by atoms with Gasteiger partial charge in [-0.2, -0.15) is 0 Å². The van der Waals surface area contributed by atoms with Crippen molar-refractivity contribution in [1.82, 2.24) is 19.1 Å². The topological polar surface area (TPSA) is 35.6 Å². The molecule has 2 aliphatic carbocycles. The molecular weight excluding hydrogens is 929 g/mol. The van der Waals surface area contributed by atoms with Crippen molar-refractivity contribution in [3.63, 3.8) is 0 Å². The average Bonchev–Trinajstić information content (AvgIpc) is 4.19. The zero-order chi connectivity index (χ0) is 55.4. The average molecular weight is 945 g/mol. The quantitative estimate of drug-likeness (QED) is 0.162. The first-order valence-corrected chi connectivity index (χ1v) is 24.8. The van der Waals surface area contributed by atoms with E-state index < -0.39 is 10.8 Å². The number of nitrogens with zero attached hydrogens (tertiary/aromatic N) is 4. The Bertz CT molecular complexity index is 4760. The maximum absolute atomic E-state index is 7.52. The number of thiophene rings is 1. The van der Waals surface area contributed by atoms with Gasteiger partial charge in [0.15, 0.2) is 5.82 Å². The summed E-state index contributed by atoms with van der Waals surface area (Å²) < 4.78 is 5.10. The highest BCUT2D eigenvalue weighted by Crippen LogP contribution is 2.49. The van der Waals surface area contributed by atoms with Crippen molar-refractivity contribution >= 4 is 341 Å². The fourth-order valence-corrected chi connectivity index (χ4v) is 14.3. The zero-order valence-corrected chi connectivity index (χ0v) is 42.9. The van der Waals surface area contributed by atoms with E-state index in [1.165, 1.54) is 17.7 Å². The van der Waals surface area contributed by atoms with Gasteiger partial charge in [-0.3, -0.25) is 4.57 Å². The molecule has 0 unspecified atom stereocenters. The molecule has 4 heterocycles. The number of aromatic nitrogens is 4. The van der Waals surface area contributed by atoms with Gasteiger partial charge in [0.1, 0.15) is 163 Å². The van der Waals surface area contributed by atoms with E-state index in [0.29, 0.717) is 126 Å². The molecule has 0 N–H and O–H groups in total. The molecule has 25 heteroatoms. The molecule has 40 radical (unpaired) electrons. The van der Waals surface area contributed by atoms with Crippen LogP contribution < -0.4 is 109 Å². The molecule has 0 saturated carbocycles. The van der Waals surface area contributed by atoms with Gasteiger partial charge < -0.3 is 4.57 Å². The molecule has 2 aliphatic rings. The van der Waals surface area contributed by atoms with Crippen LogP contribution in [0.5, 0.6) is 0 Å². The summed E-state index contributed by atoms with van der Waals surface area (Å²) in [6, 6.07) is 5.81. The summed E-state index contributed by atoms with van der Waals surface area (Å²) in [5.41, 5.74) is 8.78. The van der Waals surface area contributed by atoms with E-state index in [9.17, 15) is 0 Å². The van der Waals surface area contributed by atoms with Gasteiger partial charge >= 0.3 is 0 Å². The maximum Gasteiger partial charge on any atom is 0.159 e. The molecule has 0 saturated heterocycles. The molecule has 11 aromatic rings. The zero-order valence-electron chi connectivity index (χ0n) is 42.1. The lowest BCUT2D eigenvalue weighted by atomic mass is 9.61. The second-order valence-corrected chi connectivity index (χ2v) is 22.3. The number of rotatable bonds is 2. The van der Waals surface area contributed by atoms with Gasteiger partial charge in [-0.15, -0.1) is 55.0 Å². The van der Waals surface area contributed by atoms with Crippen molar-refractivity contribution < 1.29 is 0 Å². The minimum atomic E-state index is -0.920. The van der Waals surface area contributed by atoms with Crippen LogP contribution >= 0.6 is 11.3 Å².